The van der Waals surface area contributed by atoms with E-state index in [1.165, 1.54) is 0 Å². The van der Waals surface area contributed by atoms with Crippen molar-refractivity contribution in [2.75, 3.05) is 7.11 Å². The van der Waals surface area contributed by atoms with Gasteiger partial charge in [0.1, 0.15) is 0 Å². The summed E-state index contributed by atoms with van der Waals surface area (Å²) in [5, 5.41) is 4.78. The monoisotopic (exact) mass is 315 g/mol. The maximum atomic E-state index is 5.36. The predicted molar refractivity (Wildman–Crippen MR) is 94.6 cm³/mol. The quantitative estimate of drug-likeness (QED) is 0.566. The second-order valence-electron chi connectivity index (χ2n) is 5.55. The van der Waals surface area contributed by atoms with Crippen LogP contribution in [0.4, 0.5) is 0 Å². The lowest BCUT2D eigenvalue weighted by atomic mass is 10.1. The van der Waals surface area contributed by atoms with Crippen LogP contribution in [0, 0.1) is 0 Å². The summed E-state index contributed by atoms with van der Waals surface area (Å²) in [6.07, 6.45) is 1.84. The number of benzene rings is 2. The highest BCUT2D eigenvalue weighted by Gasteiger charge is 2.17. The van der Waals surface area contributed by atoms with Crippen LogP contribution in [0.2, 0.25) is 0 Å². The summed E-state index contributed by atoms with van der Waals surface area (Å²) in [7, 11) is 1.68. The molecule has 0 atom stereocenters. The van der Waals surface area contributed by atoms with Crippen molar-refractivity contribution in [2.45, 2.75) is 6.61 Å². The van der Waals surface area contributed by atoms with Gasteiger partial charge in [0.2, 0.25) is 0 Å². The fraction of sp³-hybridized carbons (Fsp3) is 0.100. The van der Waals surface area contributed by atoms with E-state index in [0.29, 0.717) is 6.61 Å². The zero-order chi connectivity index (χ0) is 16.4. The van der Waals surface area contributed by atoms with Gasteiger partial charge in [0.15, 0.2) is 5.65 Å². The summed E-state index contributed by atoms with van der Waals surface area (Å²) in [6.45, 7) is 0.446. The number of fused-ring (bicyclic) bond motifs is 1. The Kier molecular flexibility index (Phi) is 3.81. The lowest BCUT2D eigenvalue weighted by Gasteiger charge is -2.05. The number of methoxy groups -OCH3 is 1. The Labute approximate surface area is 140 Å². The lowest BCUT2D eigenvalue weighted by Crippen LogP contribution is -1.96. The molecule has 0 amide bonds. The molecule has 0 aliphatic heterocycles. The van der Waals surface area contributed by atoms with Crippen LogP contribution in [0.1, 0.15) is 5.69 Å². The predicted octanol–water partition coefficient (Wildman–Crippen LogP) is 4.21. The van der Waals surface area contributed by atoms with Gasteiger partial charge in [-0.15, -0.1) is 0 Å². The molecule has 4 heteroatoms. The molecule has 0 radical (unpaired) electrons. The van der Waals surface area contributed by atoms with E-state index < -0.39 is 0 Å². The maximum Gasteiger partial charge on any atom is 0.163 e. The van der Waals surface area contributed by atoms with E-state index in [9.17, 15) is 0 Å². The smallest absolute Gasteiger partial charge is 0.163 e. The van der Waals surface area contributed by atoms with E-state index in [-0.39, 0.29) is 0 Å². The SMILES string of the molecule is COCc1nn2c(-c3ccccc3)ccnc2c1-c1ccccc1. The van der Waals surface area contributed by atoms with Gasteiger partial charge in [-0.05, 0) is 11.6 Å². The van der Waals surface area contributed by atoms with E-state index in [1.807, 2.05) is 53.2 Å². The van der Waals surface area contributed by atoms with Crippen molar-refractivity contribution in [3.05, 3.63) is 78.6 Å². The van der Waals surface area contributed by atoms with Crippen molar-refractivity contribution in [1.82, 2.24) is 14.6 Å². The van der Waals surface area contributed by atoms with Crippen LogP contribution in [0.5, 0.6) is 0 Å². The summed E-state index contributed by atoms with van der Waals surface area (Å²) in [6, 6.07) is 22.4. The molecule has 0 bridgehead atoms. The first-order valence-corrected chi connectivity index (χ1v) is 7.85. The number of rotatable bonds is 4. The van der Waals surface area contributed by atoms with Crippen LogP contribution >= 0.6 is 0 Å². The second kappa shape index (κ2) is 6.26. The average molecular weight is 315 g/mol. The molecule has 0 unspecified atom stereocenters. The van der Waals surface area contributed by atoms with Crippen molar-refractivity contribution in [3.8, 4) is 22.4 Å². The van der Waals surface area contributed by atoms with Gasteiger partial charge in [0.25, 0.3) is 0 Å². The molecule has 0 saturated carbocycles. The fourth-order valence-corrected chi connectivity index (χ4v) is 2.96. The van der Waals surface area contributed by atoms with Gasteiger partial charge in [-0.25, -0.2) is 9.50 Å². The Morgan fingerprint density at radius 3 is 2.21 bits per heavy atom. The highest BCUT2D eigenvalue weighted by atomic mass is 16.5. The van der Waals surface area contributed by atoms with Crippen LogP contribution in [-0.2, 0) is 11.3 Å². The Balaban J connectivity index is 2.01. The fourth-order valence-electron chi connectivity index (χ4n) is 2.96. The number of aromatic nitrogens is 3. The molecular formula is C20H17N3O. The molecule has 4 rings (SSSR count). The van der Waals surface area contributed by atoms with Crippen LogP contribution in [-0.4, -0.2) is 21.7 Å². The summed E-state index contributed by atoms with van der Waals surface area (Å²) < 4.78 is 7.27. The molecule has 0 spiro atoms. The van der Waals surface area contributed by atoms with E-state index in [4.69, 9.17) is 9.84 Å². The molecule has 0 saturated heterocycles. The van der Waals surface area contributed by atoms with Gasteiger partial charge < -0.3 is 4.74 Å². The largest absolute Gasteiger partial charge is 0.378 e. The molecular weight excluding hydrogens is 298 g/mol. The molecule has 4 nitrogen and oxygen atoms in total. The van der Waals surface area contributed by atoms with E-state index in [2.05, 4.69) is 29.2 Å². The molecule has 2 aromatic carbocycles. The van der Waals surface area contributed by atoms with Gasteiger partial charge in [0.05, 0.1) is 23.6 Å². The van der Waals surface area contributed by atoms with Gasteiger partial charge in [-0.1, -0.05) is 60.7 Å². The third kappa shape index (κ3) is 2.47. The standard InChI is InChI=1S/C20H17N3O/c1-24-14-17-19(16-10-6-3-7-11-16)20-21-13-12-18(23(20)22-17)15-8-4-2-5-9-15/h2-13H,14H2,1H3. The first kappa shape index (κ1) is 14.6. The molecule has 2 heterocycles. The van der Waals surface area contributed by atoms with Crippen molar-refractivity contribution < 1.29 is 4.74 Å². The minimum absolute atomic E-state index is 0.446. The molecule has 0 aliphatic carbocycles. The molecule has 4 aromatic rings. The Bertz CT molecular complexity index is 962. The Morgan fingerprint density at radius 1 is 0.875 bits per heavy atom. The van der Waals surface area contributed by atoms with Crippen molar-refractivity contribution >= 4 is 5.65 Å². The first-order valence-electron chi connectivity index (χ1n) is 7.85. The summed E-state index contributed by atoms with van der Waals surface area (Å²) in [5.74, 6) is 0. The van der Waals surface area contributed by atoms with E-state index >= 15 is 0 Å². The minimum atomic E-state index is 0.446. The molecule has 2 aromatic heterocycles. The third-order valence-corrected chi connectivity index (χ3v) is 4.00. The number of nitrogens with zero attached hydrogens (tertiary/aromatic N) is 3. The molecule has 24 heavy (non-hydrogen) atoms. The molecule has 0 N–H and O–H groups in total. The number of hydrogen-bond donors (Lipinski definition) is 0. The average Bonchev–Trinajstić information content (AvgIpc) is 3.01. The van der Waals surface area contributed by atoms with Crippen LogP contribution in [0.25, 0.3) is 28.0 Å². The van der Waals surface area contributed by atoms with Crippen molar-refractivity contribution in [2.24, 2.45) is 0 Å². The van der Waals surface area contributed by atoms with Crippen LogP contribution in [0.15, 0.2) is 72.9 Å². The Morgan fingerprint density at radius 2 is 1.54 bits per heavy atom. The summed E-state index contributed by atoms with van der Waals surface area (Å²) in [4.78, 5) is 4.59. The molecule has 0 fully saturated rings. The van der Waals surface area contributed by atoms with Gasteiger partial charge >= 0.3 is 0 Å². The van der Waals surface area contributed by atoms with E-state index in [0.717, 1.165) is 33.7 Å². The van der Waals surface area contributed by atoms with Gasteiger partial charge in [0, 0.05) is 18.9 Å². The summed E-state index contributed by atoms with van der Waals surface area (Å²) in [5.41, 5.74) is 5.97. The second-order valence-corrected chi connectivity index (χ2v) is 5.55. The molecule has 118 valence electrons. The Hall–Kier alpha value is -2.98. The van der Waals surface area contributed by atoms with Gasteiger partial charge in [-0.3, -0.25) is 0 Å². The normalized spacial score (nSPS) is 11.0. The third-order valence-electron chi connectivity index (χ3n) is 4.00. The minimum Gasteiger partial charge on any atom is -0.378 e. The highest BCUT2D eigenvalue weighted by molar-refractivity contribution is 5.81. The summed E-state index contributed by atoms with van der Waals surface area (Å²) >= 11 is 0. The van der Waals surface area contributed by atoms with E-state index in [1.54, 1.807) is 7.11 Å². The van der Waals surface area contributed by atoms with Crippen molar-refractivity contribution in [1.29, 1.82) is 0 Å². The zero-order valence-corrected chi connectivity index (χ0v) is 13.4. The van der Waals surface area contributed by atoms with Gasteiger partial charge in [-0.2, -0.15) is 5.10 Å². The maximum absolute atomic E-state index is 5.36. The first-order chi connectivity index (χ1) is 11.9. The number of ether oxygens (including phenoxy) is 1. The van der Waals surface area contributed by atoms with Crippen LogP contribution in [0.3, 0.4) is 0 Å². The van der Waals surface area contributed by atoms with Crippen molar-refractivity contribution in [3.63, 3.8) is 0 Å². The van der Waals surface area contributed by atoms with Crippen LogP contribution < -0.4 is 0 Å². The lowest BCUT2D eigenvalue weighted by molar-refractivity contribution is 0.181. The molecule has 0 aliphatic rings. The highest BCUT2D eigenvalue weighted by Crippen LogP contribution is 2.30. The zero-order valence-electron chi connectivity index (χ0n) is 13.4. The number of hydrogen-bond acceptors (Lipinski definition) is 3. The topological polar surface area (TPSA) is 39.4 Å².